The quantitative estimate of drug-likeness (QED) is 0.0398. The zero-order chi connectivity index (χ0) is 47.9. The van der Waals surface area contributed by atoms with Crippen molar-refractivity contribution in [3.05, 3.63) is 59.7 Å². The largest absolute Gasteiger partial charge is 0.508 e. The van der Waals surface area contributed by atoms with Gasteiger partial charge < -0.3 is 69.5 Å². The second-order valence-corrected chi connectivity index (χ2v) is 15.2. The number of phenolic OH excluding ortho intramolecular Hbond substituents is 2. The van der Waals surface area contributed by atoms with Crippen LogP contribution in [-0.4, -0.2) is 123 Å². The lowest BCUT2D eigenvalue weighted by Gasteiger charge is -2.28. The Morgan fingerprint density at radius 2 is 0.969 bits per heavy atom. The van der Waals surface area contributed by atoms with Crippen molar-refractivity contribution in [1.29, 1.82) is 0 Å². The maximum Gasteiger partial charge on any atom is 0.326 e. The SMILES string of the molecule is CC[C@H](C)[C@H](NC(=O)[C@H](Cc1ccc(O)cc1)NC(=O)[C@H](CCC(N)=O)NC(=O)[C@H](CCC(=O)O)NC(=O)[C@H](Cc1ccc(O)cc1)NC(=O)[C@H](CCCCN)NC(=O)CN)C(=O)O. The highest BCUT2D eigenvalue weighted by Crippen LogP contribution is 2.15. The first-order valence-corrected chi connectivity index (χ1v) is 20.8. The predicted molar refractivity (Wildman–Crippen MR) is 230 cm³/mol. The molecule has 0 radical (unpaired) electrons. The number of carbonyl (C=O) groups excluding carboxylic acids is 7. The number of carbonyl (C=O) groups is 9. The van der Waals surface area contributed by atoms with Crippen LogP contribution in [0.15, 0.2) is 48.5 Å². The molecule has 22 heteroatoms. The Balaban J connectivity index is 2.50. The first-order chi connectivity index (χ1) is 30.3. The van der Waals surface area contributed by atoms with Crippen molar-refractivity contribution in [3.63, 3.8) is 0 Å². The highest BCUT2D eigenvalue weighted by molar-refractivity contribution is 5.97. The number of benzene rings is 2. The van der Waals surface area contributed by atoms with Gasteiger partial charge in [-0.2, -0.15) is 0 Å². The van der Waals surface area contributed by atoms with Gasteiger partial charge in [-0.3, -0.25) is 38.4 Å². The molecule has 0 fully saturated rings. The minimum atomic E-state index is -1.69. The fourth-order valence-electron chi connectivity index (χ4n) is 6.29. The summed E-state index contributed by atoms with van der Waals surface area (Å²) in [5.74, 6) is -9.78. The van der Waals surface area contributed by atoms with Gasteiger partial charge in [-0.25, -0.2) is 4.79 Å². The molecule has 352 valence electrons. The van der Waals surface area contributed by atoms with Crippen LogP contribution in [0.4, 0.5) is 0 Å². The van der Waals surface area contributed by atoms with Crippen molar-refractivity contribution in [2.75, 3.05) is 13.1 Å². The van der Waals surface area contributed by atoms with Crippen LogP contribution in [0.1, 0.15) is 76.3 Å². The van der Waals surface area contributed by atoms with Gasteiger partial charge in [0.25, 0.3) is 0 Å². The van der Waals surface area contributed by atoms with Crippen LogP contribution >= 0.6 is 0 Å². The molecule has 0 bridgehead atoms. The van der Waals surface area contributed by atoms with Crippen molar-refractivity contribution in [3.8, 4) is 11.5 Å². The van der Waals surface area contributed by atoms with E-state index in [4.69, 9.17) is 17.2 Å². The van der Waals surface area contributed by atoms with Crippen molar-refractivity contribution in [2.45, 2.75) is 114 Å². The van der Waals surface area contributed by atoms with Gasteiger partial charge in [0.2, 0.25) is 41.4 Å². The van der Waals surface area contributed by atoms with Gasteiger partial charge in [0.1, 0.15) is 47.8 Å². The predicted octanol–water partition coefficient (Wildman–Crippen LogP) is -1.86. The van der Waals surface area contributed by atoms with Crippen LogP contribution < -0.4 is 49.1 Å². The van der Waals surface area contributed by atoms with Gasteiger partial charge in [-0.1, -0.05) is 44.5 Å². The lowest BCUT2D eigenvalue weighted by molar-refractivity contribution is -0.144. The molecule has 0 saturated carbocycles. The Hall–Kier alpha value is -6.81. The molecule has 2 aromatic rings. The highest BCUT2D eigenvalue weighted by Gasteiger charge is 2.35. The number of phenols is 2. The lowest BCUT2D eigenvalue weighted by Crippen LogP contribution is -2.60. The Bertz CT molecular complexity index is 1910. The number of carboxylic acid groups (broad SMARTS) is 2. The van der Waals surface area contributed by atoms with E-state index in [9.17, 15) is 63.6 Å². The molecule has 22 nitrogen and oxygen atoms in total. The summed E-state index contributed by atoms with van der Waals surface area (Å²) in [6, 6.07) is 2.40. The maximum atomic E-state index is 14.1. The summed E-state index contributed by atoms with van der Waals surface area (Å²) in [5.41, 5.74) is 17.3. The molecule has 0 unspecified atom stereocenters. The third kappa shape index (κ3) is 19.1. The zero-order valence-corrected chi connectivity index (χ0v) is 35.8. The molecule has 7 amide bonds. The monoisotopic (exact) mass is 899 g/mol. The van der Waals surface area contributed by atoms with E-state index < -0.39 is 128 Å². The minimum Gasteiger partial charge on any atom is -0.508 e. The summed E-state index contributed by atoms with van der Waals surface area (Å²) >= 11 is 0. The number of amides is 7. The van der Waals surface area contributed by atoms with Crippen LogP contribution in [-0.2, 0) is 56.0 Å². The summed E-state index contributed by atoms with van der Waals surface area (Å²) in [7, 11) is 0. The van der Waals surface area contributed by atoms with Crippen molar-refractivity contribution in [1.82, 2.24) is 31.9 Å². The molecule has 0 spiro atoms. The Labute approximate surface area is 369 Å². The molecule has 0 aliphatic carbocycles. The molecular weight excluding hydrogens is 839 g/mol. The summed E-state index contributed by atoms with van der Waals surface area (Å²) in [4.78, 5) is 117. The van der Waals surface area contributed by atoms with E-state index in [2.05, 4.69) is 31.9 Å². The van der Waals surface area contributed by atoms with Gasteiger partial charge >= 0.3 is 11.9 Å². The van der Waals surface area contributed by atoms with E-state index in [-0.39, 0.29) is 30.8 Å². The number of hydrogen-bond acceptors (Lipinski definition) is 13. The highest BCUT2D eigenvalue weighted by atomic mass is 16.4. The fourth-order valence-corrected chi connectivity index (χ4v) is 6.29. The van der Waals surface area contributed by atoms with E-state index >= 15 is 0 Å². The van der Waals surface area contributed by atoms with Crippen molar-refractivity contribution in [2.24, 2.45) is 23.1 Å². The molecule has 0 heterocycles. The normalized spacial score (nSPS) is 14.2. The van der Waals surface area contributed by atoms with Crippen molar-refractivity contribution >= 4 is 53.3 Å². The van der Waals surface area contributed by atoms with Gasteiger partial charge in [0.05, 0.1) is 6.54 Å². The molecule has 0 aromatic heterocycles. The van der Waals surface area contributed by atoms with Gasteiger partial charge in [0.15, 0.2) is 0 Å². The smallest absolute Gasteiger partial charge is 0.326 e. The fraction of sp³-hybridized carbons (Fsp3) is 0.500. The summed E-state index contributed by atoms with van der Waals surface area (Å²) < 4.78 is 0. The summed E-state index contributed by atoms with van der Waals surface area (Å²) in [6.45, 7) is 3.19. The molecule has 2 rings (SSSR count). The summed E-state index contributed by atoms with van der Waals surface area (Å²) in [6.07, 6.45) is -1.15. The molecule has 2 aromatic carbocycles. The first kappa shape index (κ1) is 53.3. The number of nitrogens with one attached hydrogen (secondary N) is 6. The Morgan fingerprint density at radius 3 is 1.36 bits per heavy atom. The molecule has 0 aliphatic heterocycles. The van der Waals surface area contributed by atoms with Crippen molar-refractivity contribution < 1.29 is 63.6 Å². The average Bonchev–Trinajstić information content (AvgIpc) is 3.25. The van der Waals surface area contributed by atoms with Gasteiger partial charge in [-0.15, -0.1) is 0 Å². The molecule has 16 N–H and O–H groups in total. The average molecular weight is 900 g/mol. The molecule has 64 heavy (non-hydrogen) atoms. The van der Waals surface area contributed by atoms with E-state index in [1.165, 1.54) is 48.5 Å². The van der Waals surface area contributed by atoms with E-state index in [0.717, 1.165) is 0 Å². The number of hydrogen-bond donors (Lipinski definition) is 13. The van der Waals surface area contributed by atoms with Crippen LogP contribution in [0.3, 0.4) is 0 Å². The lowest BCUT2D eigenvalue weighted by atomic mass is 9.98. The molecule has 7 atom stereocenters. The standard InChI is InChI=1S/C42H61N9O13/c1-3-23(2)36(42(63)64)51-41(62)32(21-25-9-13-27(53)14-10-25)50-39(60)29(15-17-33(45)54)47-38(59)30(16-18-35(56)57)48-40(61)31(20-24-7-11-26(52)12-8-24)49-37(58)28(6-4-5-19-43)46-34(55)22-44/h7-14,23,28-32,36,52-53H,3-6,15-22,43-44H2,1-2H3,(H2,45,54)(H,46,55)(H,47,59)(H,48,61)(H,49,58)(H,50,60)(H,51,62)(H,56,57)(H,63,64)/t23-,28-,29-,30-,31-,32-,36-/m0/s1. The summed E-state index contributed by atoms with van der Waals surface area (Å²) in [5, 5.41) is 53.8. The molecule has 0 aliphatic rings. The van der Waals surface area contributed by atoms with Gasteiger partial charge in [0, 0.05) is 25.7 Å². The minimum absolute atomic E-state index is 0.0946. The number of nitrogens with two attached hydrogens (primary N) is 3. The van der Waals surface area contributed by atoms with Crippen LogP contribution in [0.5, 0.6) is 11.5 Å². The third-order valence-electron chi connectivity index (χ3n) is 10.2. The van der Waals surface area contributed by atoms with E-state index in [1.54, 1.807) is 13.8 Å². The first-order valence-electron chi connectivity index (χ1n) is 20.8. The van der Waals surface area contributed by atoms with E-state index in [1.807, 2.05) is 0 Å². The van der Waals surface area contributed by atoms with Crippen LogP contribution in [0.25, 0.3) is 0 Å². The molecular formula is C42H61N9O13. The Kier molecular flexibility index (Phi) is 22.7. The number of unbranched alkanes of at least 4 members (excludes halogenated alkanes) is 1. The number of primary amides is 1. The number of aromatic hydroxyl groups is 2. The maximum absolute atomic E-state index is 14.1. The van der Waals surface area contributed by atoms with Crippen LogP contribution in [0, 0.1) is 5.92 Å². The topological polar surface area (TPSA) is 385 Å². The molecule has 0 saturated heterocycles. The second kappa shape index (κ2) is 27.3. The Morgan fingerprint density at radius 1 is 0.562 bits per heavy atom. The number of aliphatic carboxylic acids is 2. The second-order valence-electron chi connectivity index (χ2n) is 15.2. The van der Waals surface area contributed by atoms with Crippen LogP contribution in [0.2, 0.25) is 0 Å². The van der Waals surface area contributed by atoms with E-state index in [0.29, 0.717) is 36.9 Å². The number of rotatable bonds is 29. The number of carboxylic acids is 2. The van der Waals surface area contributed by atoms with Gasteiger partial charge in [-0.05, 0) is 80.0 Å². The third-order valence-corrected chi connectivity index (χ3v) is 10.2. The zero-order valence-electron chi connectivity index (χ0n) is 35.8.